The molecule has 1 aromatic carbocycles. The van der Waals surface area contributed by atoms with Gasteiger partial charge in [0.05, 0.1) is 6.04 Å². The van der Waals surface area contributed by atoms with Crippen LogP contribution in [-0.2, 0) is 0 Å². The first-order valence-electron chi connectivity index (χ1n) is 5.15. The third-order valence-electron chi connectivity index (χ3n) is 2.46. The van der Waals surface area contributed by atoms with Crippen molar-refractivity contribution in [3.05, 3.63) is 35.0 Å². The Kier molecular flexibility index (Phi) is 2.98. The first-order chi connectivity index (χ1) is 7.20. The fourth-order valence-electron chi connectivity index (χ4n) is 1.67. The van der Waals surface area contributed by atoms with Gasteiger partial charge in [0.15, 0.2) is 0 Å². The Morgan fingerprint density at radius 3 is 2.93 bits per heavy atom. The zero-order valence-corrected chi connectivity index (χ0v) is 9.42. The summed E-state index contributed by atoms with van der Waals surface area (Å²) in [4.78, 5) is 0. The summed E-state index contributed by atoms with van der Waals surface area (Å²) in [5, 5.41) is 1.74. The van der Waals surface area contributed by atoms with Crippen LogP contribution in [0.25, 0.3) is 11.0 Å². The van der Waals surface area contributed by atoms with Crippen LogP contribution in [0.2, 0.25) is 5.02 Å². The molecule has 0 spiro atoms. The van der Waals surface area contributed by atoms with Crippen LogP contribution in [0.15, 0.2) is 28.7 Å². The Bertz CT molecular complexity index is 464. The molecule has 0 radical (unpaired) electrons. The number of hydrogen-bond acceptors (Lipinski definition) is 2. The number of hydrogen-bond donors (Lipinski definition) is 1. The summed E-state index contributed by atoms with van der Waals surface area (Å²) in [7, 11) is 0. The zero-order chi connectivity index (χ0) is 10.8. The topological polar surface area (TPSA) is 39.2 Å². The van der Waals surface area contributed by atoms with Crippen LogP contribution in [0.4, 0.5) is 0 Å². The molecule has 2 aromatic rings. The number of fused-ring (bicyclic) bond motifs is 1. The van der Waals surface area contributed by atoms with Gasteiger partial charge in [-0.3, -0.25) is 0 Å². The van der Waals surface area contributed by atoms with Crippen molar-refractivity contribution in [2.75, 3.05) is 0 Å². The van der Waals surface area contributed by atoms with Gasteiger partial charge in [-0.05, 0) is 30.7 Å². The molecule has 1 aromatic heterocycles. The van der Waals surface area contributed by atoms with Crippen LogP contribution < -0.4 is 5.73 Å². The molecule has 1 heterocycles. The number of nitrogens with two attached hydrogens (primary N) is 1. The van der Waals surface area contributed by atoms with Crippen molar-refractivity contribution in [3.63, 3.8) is 0 Å². The summed E-state index contributed by atoms with van der Waals surface area (Å²) in [5.41, 5.74) is 6.83. The normalized spacial score (nSPS) is 13.3. The van der Waals surface area contributed by atoms with Crippen molar-refractivity contribution in [2.24, 2.45) is 5.73 Å². The van der Waals surface area contributed by atoms with Crippen LogP contribution in [0.1, 0.15) is 31.6 Å². The lowest BCUT2D eigenvalue weighted by atomic mass is 10.1. The highest BCUT2D eigenvalue weighted by Gasteiger charge is 2.10. The van der Waals surface area contributed by atoms with Crippen LogP contribution in [0.3, 0.4) is 0 Å². The third kappa shape index (κ3) is 2.16. The van der Waals surface area contributed by atoms with Crippen LogP contribution >= 0.6 is 11.6 Å². The van der Waals surface area contributed by atoms with Gasteiger partial charge in [0.25, 0.3) is 0 Å². The van der Waals surface area contributed by atoms with E-state index < -0.39 is 0 Å². The molecule has 0 unspecified atom stereocenters. The van der Waals surface area contributed by atoms with Crippen molar-refractivity contribution in [1.29, 1.82) is 0 Å². The summed E-state index contributed by atoms with van der Waals surface area (Å²) in [5.74, 6) is 0.842. The number of furan rings is 1. The maximum absolute atomic E-state index is 5.98. The van der Waals surface area contributed by atoms with E-state index in [0.29, 0.717) is 0 Å². The first-order valence-corrected chi connectivity index (χ1v) is 5.53. The minimum atomic E-state index is -0.0128. The van der Waals surface area contributed by atoms with Gasteiger partial charge in [-0.2, -0.15) is 0 Å². The molecule has 0 aliphatic heterocycles. The van der Waals surface area contributed by atoms with E-state index in [1.54, 1.807) is 0 Å². The third-order valence-corrected chi connectivity index (χ3v) is 2.70. The lowest BCUT2D eigenvalue weighted by Crippen LogP contribution is -2.08. The summed E-state index contributed by atoms with van der Waals surface area (Å²) in [6, 6.07) is 7.55. The van der Waals surface area contributed by atoms with Crippen molar-refractivity contribution in [1.82, 2.24) is 0 Å². The molecule has 15 heavy (non-hydrogen) atoms. The molecule has 0 amide bonds. The zero-order valence-electron chi connectivity index (χ0n) is 8.66. The molecule has 80 valence electrons. The average Bonchev–Trinajstić information content (AvgIpc) is 2.60. The predicted molar refractivity (Wildman–Crippen MR) is 63.1 cm³/mol. The van der Waals surface area contributed by atoms with Crippen molar-refractivity contribution in [2.45, 2.75) is 25.8 Å². The highest BCUT2D eigenvalue weighted by Crippen LogP contribution is 2.27. The Hall–Kier alpha value is -0.990. The van der Waals surface area contributed by atoms with Gasteiger partial charge < -0.3 is 10.2 Å². The number of rotatable bonds is 3. The molecule has 2 N–H and O–H groups in total. The Labute approximate surface area is 94.0 Å². The molecular formula is C12H14ClNO. The Balaban J connectivity index is 2.38. The molecule has 0 aliphatic rings. The summed E-state index contributed by atoms with van der Waals surface area (Å²) >= 11 is 5.90. The molecule has 3 heteroatoms. The van der Waals surface area contributed by atoms with E-state index in [1.165, 1.54) is 0 Å². The van der Waals surface area contributed by atoms with Crippen LogP contribution in [0, 0.1) is 0 Å². The number of halogens is 1. The van der Waals surface area contributed by atoms with E-state index >= 15 is 0 Å². The summed E-state index contributed by atoms with van der Waals surface area (Å²) in [6.07, 6.45) is 1.99. The van der Waals surface area contributed by atoms with E-state index in [-0.39, 0.29) is 6.04 Å². The van der Waals surface area contributed by atoms with Gasteiger partial charge in [0, 0.05) is 10.4 Å². The molecule has 2 nitrogen and oxygen atoms in total. The SMILES string of the molecule is CCC[C@@H](N)c1cc2cc(Cl)ccc2o1. The van der Waals surface area contributed by atoms with Crippen LogP contribution in [0.5, 0.6) is 0 Å². The van der Waals surface area contributed by atoms with Crippen LogP contribution in [-0.4, -0.2) is 0 Å². The molecule has 0 fully saturated rings. The Morgan fingerprint density at radius 2 is 2.20 bits per heavy atom. The Morgan fingerprint density at radius 1 is 1.40 bits per heavy atom. The molecular weight excluding hydrogens is 210 g/mol. The molecule has 1 atom stereocenters. The second-order valence-electron chi connectivity index (χ2n) is 3.73. The fraction of sp³-hybridized carbons (Fsp3) is 0.333. The van der Waals surface area contributed by atoms with Crippen molar-refractivity contribution >= 4 is 22.6 Å². The van der Waals surface area contributed by atoms with Crippen molar-refractivity contribution < 1.29 is 4.42 Å². The van der Waals surface area contributed by atoms with E-state index in [9.17, 15) is 0 Å². The summed E-state index contributed by atoms with van der Waals surface area (Å²) < 4.78 is 5.65. The lowest BCUT2D eigenvalue weighted by molar-refractivity contribution is 0.475. The van der Waals surface area contributed by atoms with Gasteiger partial charge in [-0.1, -0.05) is 24.9 Å². The summed E-state index contributed by atoms with van der Waals surface area (Å²) in [6.45, 7) is 2.11. The van der Waals surface area contributed by atoms with Crippen molar-refractivity contribution in [3.8, 4) is 0 Å². The van der Waals surface area contributed by atoms with Gasteiger partial charge in [0.1, 0.15) is 11.3 Å². The standard InChI is InChI=1S/C12H14ClNO/c1-2-3-10(14)12-7-8-6-9(13)4-5-11(8)15-12/h4-7,10H,2-3,14H2,1H3/t10-/m1/s1. The second kappa shape index (κ2) is 4.25. The lowest BCUT2D eigenvalue weighted by Gasteiger charge is -2.04. The average molecular weight is 224 g/mol. The molecule has 2 rings (SSSR count). The van der Waals surface area contributed by atoms with E-state index in [1.807, 2.05) is 24.3 Å². The first kappa shape index (κ1) is 10.5. The van der Waals surface area contributed by atoms with E-state index in [4.69, 9.17) is 21.8 Å². The van der Waals surface area contributed by atoms with Gasteiger partial charge in [-0.15, -0.1) is 0 Å². The number of benzene rings is 1. The van der Waals surface area contributed by atoms with Gasteiger partial charge in [0.2, 0.25) is 0 Å². The molecule has 0 aliphatic carbocycles. The second-order valence-corrected chi connectivity index (χ2v) is 4.16. The largest absolute Gasteiger partial charge is 0.459 e. The molecule has 0 saturated carbocycles. The smallest absolute Gasteiger partial charge is 0.134 e. The minimum absolute atomic E-state index is 0.0128. The predicted octanol–water partition coefficient (Wildman–Crippen LogP) is 3.89. The molecule has 0 saturated heterocycles. The van der Waals surface area contributed by atoms with Gasteiger partial charge in [-0.25, -0.2) is 0 Å². The van der Waals surface area contributed by atoms with Gasteiger partial charge >= 0.3 is 0 Å². The maximum Gasteiger partial charge on any atom is 0.134 e. The minimum Gasteiger partial charge on any atom is -0.459 e. The highest BCUT2D eigenvalue weighted by molar-refractivity contribution is 6.31. The fourth-order valence-corrected chi connectivity index (χ4v) is 1.85. The quantitative estimate of drug-likeness (QED) is 0.858. The molecule has 0 bridgehead atoms. The highest BCUT2D eigenvalue weighted by atomic mass is 35.5. The maximum atomic E-state index is 5.98. The monoisotopic (exact) mass is 223 g/mol. The van der Waals surface area contributed by atoms with E-state index in [0.717, 1.165) is 34.6 Å². The van der Waals surface area contributed by atoms with E-state index in [2.05, 4.69) is 6.92 Å².